The third-order valence-electron chi connectivity index (χ3n) is 2.60. The first kappa shape index (κ1) is 13.6. The molecule has 7 nitrogen and oxygen atoms in total. The average Bonchev–Trinajstić information content (AvgIpc) is 2.71. The van der Waals surface area contributed by atoms with Gasteiger partial charge in [-0.05, 0) is 25.1 Å². The summed E-state index contributed by atoms with van der Waals surface area (Å²) in [5.41, 5.74) is 0.348. The van der Waals surface area contributed by atoms with Gasteiger partial charge >= 0.3 is 5.97 Å². The van der Waals surface area contributed by atoms with Crippen LogP contribution in [0.3, 0.4) is 0 Å². The van der Waals surface area contributed by atoms with E-state index in [-0.39, 0.29) is 22.8 Å². The number of hydrogen-bond acceptors (Lipinski definition) is 5. The van der Waals surface area contributed by atoms with Crippen LogP contribution in [-0.2, 0) is 0 Å². The Morgan fingerprint density at radius 1 is 1.30 bits per heavy atom. The molecular weight excluding hydrogens is 264 g/mol. The maximum absolute atomic E-state index is 12.0. The maximum atomic E-state index is 12.0. The van der Waals surface area contributed by atoms with Crippen molar-refractivity contribution in [3.05, 3.63) is 41.1 Å². The first-order chi connectivity index (χ1) is 9.38. The summed E-state index contributed by atoms with van der Waals surface area (Å²) in [6, 6.07) is 3.59. The zero-order chi connectivity index (χ0) is 14.9. The highest BCUT2D eigenvalue weighted by atomic mass is 16.4. The Morgan fingerprint density at radius 2 is 2.00 bits per heavy atom. The van der Waals surface area contributed by atoms with Crippen molar-refractivity contribution in [1.29, 1.82) is 0 Å². The number of nitrogens with one attached hydrogen (secondary N) is 1. The lowest BCUT2D eigenvalue weighted by Crippen LogP contribution is -2.13. The van der Waals surface area contributed by atoms with Gasteiger partial charge in [-0.1, -0.05) is 0 Å². The second kappa shape index (κ2) is 5.04. The number of nitrogens with zero attached hydrogens (tertiary/aromatic N) is 1. The Morgan fingerprint density at radius 3 is 2.55 bits per heavy atom. The minimum absolute atomic E-state index is 0.0108. The number of carbonyl (C=O) groups is 2. The normalized spacial score (nSPS) is 10.3. The third-order valence-corrected chi connectivity index (χ3v) is 2.60. The van der Waals surface area contributed by atoms with Crippen molar-refractivity contribution >= 4 is 17.6 Å². The number of aromatic nitrogens is 1. The molecule has 1 amide bonds. The highest BCUT2D eigenvalue weighted by Crippen LogP contribution is 2.25. The lowest BCUT2D eigenvalue weighted by molar-refractivity contribution is 0.0696. The third kappa shape index (κ3) is 2.61. The van der Waals surface area contributed by atoms with E-state index in [1.165, 1.54) is 12.1 Å². The van der Waals surface area contributed by atoms with Gasteiger partial charge < -0.3 is 19.9 Å². The van der Waals surface area contributed by atoms with Crippen LogP contribution >= 0.6 is 0 Å². The van der Waals surface area contributed by atoms with Crippen molar-refractivity contribution in [2.24, 2.45) is 0 Å². The standard InChI is InChI=1S/C13H12N2O5/c1-6-11(20-7(2)14-6)12(17)15-9-5-8(13(18)19)3-4-10(9)16/h3-5,16H,1-2H3,(H,15,17)(H,18,19). The van der Waals surface area contributed by atoms with E-state index in [0.717, 1.165) is 6.07 Å². The molecule has 0 saturated heterocycles. The van der Waals surface area contributed by atoms with Gasteiger partial charge in [-0.15, -0.1) is 0 Å². The van der Waals surface area contributed by atoms with Gasteiger partial charge in [0.2, 0.25) is 5.76 Å². The molecule has 2 aromatic rings. The Kier molecular flexibility index (Phi) is 3.43. The van der Waals surface area contributed by atoms with E-state index >= 15 is 0 Å². The zero-order valence-electron chi connectivity index (χ0n) is 10.8. The zero-order valence-corrected chi connectivity index (χ0v) is 10.8. The number of benzene rings is 1. The van der Waals surface area contributed by atoms with E-state index in [0.29, 0.717) is 11.6 Å². The van der Waals surface area contributed by atoms with E-state index in [4.69, 9.17) is 9.52 Å². The van der Waals surface area contributed by atoms with E-state index in [9.17, 15) is 14.7 Å². The van der Waals surface area contributed by atoms with Gasteiger partial charge in [-0.2, -0.15) is 0 Å². The van der Waals surface area contributed by atoms with Crippen LogP contribution in [0.5, 0.6) is 5.75 Å². The average molecular weight is 276 g/mol. The Labute approximate surface area is 113 Å². The molecule has 7 heteroatoms. The number of carboxylic acids is 1. The summed E-state index contributed by atoms with van der Waals surface area (Å²) in [5.74, 6) is -1.65. The van der Waals surface area contributed by atoms with Crippen molar-refractivity contribution < 1.29 is 24.2 Å². The number of carbonyl (C=O) groups excluding carboxylic acids is 1. The van der Waals surface area contributed by atoms with E-state index < -0.39 is 11.9 Å². The number of amides is 1. The fraction of sp³-hybridized carbons (Fsp3) is 0.154. The fourth-order valence-corrected chi connectivity index (χ4v) is 1.69. The molecule has 1 aromatic carbocycles. The second-order valence-corrected chi connectivity index (χ2v) is 4.14. The Hall–Kier alpha value is -2.83. The van der Waals surface area contributed by atoms with Gasteiger partial charge in [-0.25, -0.2) is 9.78 Å². The predicted molar refractivity (Wildman–Crippen MR) is 69.0 cm³/mol. The molecule has 1 aromatic heterocycles. The largest absolute Gasteiger partial charge is 0.506 e. The van der Waals surface area contributed by atoms with Gasteiger partial charge in [0.15, 0.2) is 5.89 Å². The number of rotatable bonds is 3. The molecule has 2 rings (SSSR count). The fourth-order valence-electron chi connectivity index (χ4n) is 1.69. The molecule has 0 aliphatic carbocycles. The topological polar surface area (TPSA) is 113 Å². The summed E-state index contributed by atoms with van der Waals surface area (Å²) in [6.45, 7) is 3.21. The number of oxazole rings is 1. The first-order valence-corrected chi connectivity index (χ1v) is 5.70. The van der Waals surface area contributed by atoms with Gasteiger partial charge in [0.05, 0.1) is 16.9 Å². The molecule has 0 bridgehead atoms. The number of aryl methyl sites for hydroxylation is 2. The molecule has 0 aliphatic heterocycles. The number of phenolic OH excluding ortho intramolecular Hbond substituents is 1. The van der Waals surface area contributed by atoms with Crippen molar-refractivity contribution in [1.82, 2.24) is 4.98 Å². The molecule has 0 radical (unpaired) electrons. The van der Waals surface area contributed by atoms with E-state index in [2.05, 4.69) is 10.3 Å². The molecule has 0 fully saturated rings. The molecule has 104 valence electrons. The molecule has 0 aliphatic rings. The number of aromatic hydroxyl groups is 1. The van der Waals surface area contributed by atoms with E-state index in [1.807, 2.05) is 0 Å². The maximum Gasteiger partial charge on any atom is 0.335 e. The van der Waals surface area contributed by atoms with E-state index in [1.54, 1.807) is 13.8 Å². The van der Waals surface area contributed by atoms with Crippen molar-refractivity contribution in [2.75, 3.05) is 5.32 Å². The van der Waals surface area contributed by atoms with Crippen LogP contribution < -0.4 is 5.32 Å². The van der Waals surface area contributed by atoms with Gasteiger partial charge in [-0.3, -0.25) is 4.79 Å². The monoisotopic (exact) mass is 276 g/mol. The van der Waals surface area contributed by atoms with Crippen LogP contribution in [0.4, 0.5) is 5.69 Å². The molecule has 0 saturated carbocycles. The minimum Gasteiger partial charge on any atom is -0.506 e. The summed E-state index contributed by atoms with van der Waals surface area (Å²) in [6.07, 6.45) is 0. The van der Waals surface area contributed by atoms with Crippen LogP contribution in [0.25, 0.3) is 0 Å². The lowest BCUT2D eigenvalue weighted by atomic mass is 10.2. The lowest BCUT2D eigenvalue weighted by Gasteiger charge is -2.07. The van der Waals surface area contributed by atoms with Crippen molar-refractivity contribution in [2.45, 2.75) is 13.8 Å². The van der Waals surface area contributed by atoms with Gasteiger partial charge in [0.1, 0.15) is 5.75 Å². The molecule has 0 atom stereocenters. The molecule has 0 spiro atoms. The molecule has 1 heterocycles. The molecular formula is C13H12N2O5. The van der Waals surface area contributed by atoms with Crippen LogP contribution in [0.1, 0.15) is 32.5 Å². The van der Waals surface area contributed by atoms with Crippen molar-refractivity contribution in [3.63, 3.8) is 0 Å². The first-order valence-electron chi connectivity index (χ1n) is 5.70. The summed E-state index contributed by atoms with van der Waals surface area (Å²) < 4.78 is 5.14. The van der Waals surface area contributed by atoms with Crippen LogP contribution in [-0.4, -0.2) is 27.1 Å². The summed E-state index contributed by atoms with van der Waals surface area (Å²) in [4.78, 5) is 26.8. The highest BCUT2D eigenvalue weighted by molar-refractivity contribution is 6.04. The molecule has 3 N–H and O–H groups in total. The Balaban J connectivity index is 2.30. The summed E-state index contributed by atoms with van der Waals surface area (Å²) >= 11 is 0. The summed E-state index contributed by atoms with van der Waals surface area (Å²) in [5, 5.41) is 20.9. The minimum atomic E-state index is -1.16. The smallest absolute Gasteiger partial charge is 0.335 e. The summed E-state index contributed by atoms with van der Waals surface area (Å²) in [7, 11) is 0. The number of phenols is 1. The molecule has 0 unspecified atom stereocenters. The van der Waals surface area contributed by atoms with Crippen LogP contribution in [0.2, 0.25) is 0 Å². The van der Waals surface area contributed by atoms with Gasteiger partial charge in [0, 0.05) is 6.92 Å². The van der Waals surface area contributed by atoms with Crippen LogP contribution in [0, 0.1) is 13.8 Å². The second-order valence-electron chi connectivity index (χ2n) is 4.14. The number of hydrogen-bond donors (Lipinski definition) is 3. The number of carboxylic acid groups (broad SMARTS) is 1. The van der Waals surface area contributed by atoms with Crippen molar-refractivity contribution in [3.8, 4) is 5.75 Å². The van der Waals surface area contributed by atoms with Crippen LogP contribution in [0.15, 0.2) is 22.6 Å². The quantitative estimate of drug-likeness (QED) is 0.738. The predicted octanol–water partition coefficient (Wildman–Crippen LogP) is 1.95. The highest BCUT2D eigenvalue weighted by Gasteiger charge is 2.18. The Bertz CT molecular complexity index is 690. The number of anilines is 1. The SMILES string of the molecule is Cc1nc(C)c(C(=O)Nc2cc(C(=O)O)ccc2O)o1. The number of aromatic carboxylic acids is 1. The molecule has 20 heavy (non-hydrogen) atoms. The van der Waals surface area contributed by atoms with Gasteiger partial charge in [0.25, 0.3) is 5.91 Å².